The van der Waals surface area contributed by atoms with Gasteiger partial charge < -0.3 is 10.0 Å². The molecule has 0 radical (unpaired) electrons. The molecule has 0 spiro atoms. The van der Waals surface area contributed by atoms with Crippen LogP contribution in [0.1, 0.15) is 19.8 Å². The summed E-state index contributed by atoms with van der Waals surface area (Å²) in [6.07, 6.45) is 2.17. The quantitative estimate of drug-likeness (QED) is 0.628. The van der Waals surface area contributed by atoms with Gasteiger partial charge in [0.1, 0.15) is 0 Å². The van der Waals surface area contributed by atoms with Crippen LogP contribution in [0.2, 0.25) is 0 Å². The smallest absolute Gasteiger partial charge is 0.0679 e. The fourth-order valence-corrected chi connectivity index (χ4v) is 2.52. The normalized spacial score (nSPS) is 43.2. The van der Waals surface area contributed by atoms with Crippen LogP contribution in [0.25, 0.3) is 0 Å². The number of rotatable bonds is 1. The molecule has 0 saturated carbocycles. The van der Waals surface area contributed by atoms with Gasteiger partial charge in [-0.15, -0.1) is 0 Å². The Labute approximate surface area is 80.3 Å². The maximum atomic E-state index is 9.44. The lowest BCUT2D eigenvalue weighted by molar-refractivity contribution is 0.160. The molecule has 2 aliphatic rings. The molecule has 13 heavy (non-hydrogen) atoms. The molecular weight excluding hydrogens is 164 g/mol. The van der Waals surface area contributed by atoms with E-state index in [0.717, 1.165) is 19.5 Å². The Kier molecular flexibility index (Phi) is 2.58. The number of β-amino-alcohol motifs (C(OH)–C–C–N with tert-alkyl or cyclic N) is 1. The van der Waals surface area contributed by atoms with Gasteiger partial charge in [-0.25, -0.2) is 0 Å². The molecule has 2 fully saturated rings. The van der Waals surface area contributed by atoms with Crippen molar-refractivity contribution in [2.45, 2.75) is 38.0 Å². The van der Waals surface area contributed by atoms with Gasteiger partial charge in [0.2, 0.25) is 0 Å². The third-order valence-corrected chi connectivity index (χ3v) is 3.58. The van der Waals surface area contributed by atoms with Crippen molar-refractivity contribution in [1.29, 1.82) is 0 Å². The van der Waals surface area contributed by atoms with Gasteiger partial charge in [-0.05, 0) is 26.8 Å². The highest BCUT2D eigenvalue weighted by atomic mass is 16.3. The average molecular weight is 184 g/mol. The van der Waals surface area contributed by atoms with Crippen molar-refractivity contribution in [2.24, 2.45) is 0 Å². The Morgan fingerprint density at radius 2 is 2.08 bits per heavy atom. The van der Waals surface area contributed by atoms with Crippen molar-refractivity contribution < 1.29 is 5.11 Å². The summed E-state index contributed by atoms with van der Waals surface area (Å²) in [6.45, 7) is 5.44. The summed E-state index contributed by atoms with van der Waals surface area (Å²) in [7, 11) is 2.19. The fourth-order valence-electron chi connectivity index (χ4n) is 2.52. The maximum Gasteiger partial charge on any atom is 0.0679 e. The first-order chi connectivity index (χ1) is 6.16. The summed E-state index contributed by atoms with van der Waals surface area (Å²) in [5.41, 5.74) is 0. The van der Waals surface area contributed by atoms with Gasteiger partial charge in [-0.3, -0.25) is 4.90 Å². The molecule has 76 valence electrons. The number of hydrogen-bond donors (Lipinski definition) is 1. The van der Waals surface area contributed by atoms with Gasteiger partial charge in [0.05, 0.1) is 6.10 Å². The topological polar surface area (TPSA) is 26.7 Å². The molecule has 2 unspecified atom stereocenters. The molecule has 2 saturated heterocycles. The van der Waals surface area contributed by atoms with Gasteiger partial charge in [0, 0.05) is 31.7 Å². The molecule has 2 rings (SSSR count). The number of likely N-dealkylation sites (N-methyl/N-ethyl adjacent to an activating group) is 1. The van der Waals surface area contributed by atoms with Crippen LogP contribution in [0.3, 0.4) is 0 Å². The van der Waals surface area contributed by atoms with E-state index in [0.29, 0.717) is 12.1 Å². The van der Waals surface area contributed by atoms with E-state index in [-0.39, 0.29) is 6.10 Å². The number of aliphatic hydroxyl groups excluding tert-OH is 1. The second-order valence-corrected chi connectivity index (χ2v) is 4.62. The van der Waals surface area contributed by atoms with Gasteiger partial charge in [-0.2, -0.15) is 0 Å². The zero-order valence-corrected chi connectivity index (χ0v) is 8.61. The van der Waals surface area contributed by atoms with E-state index in [4.69, 9.17) is 0 Å². The van der Waals surface area contributed by atoms with Crippen LogP contribution in [0.4, 0.5) is 0 Å². The molecule has 0 aromatic heterocycles. The molecule has 0 aromatic carbocycles. The summed E-state index contributed by atoms with van der Waals surface area (Å²) in [6, 6.07) is 1.40. The van der Waals surface area contributed by atoms with Gasteiger partial charge in [0.15, 0.2) is 0 Å². The average Bonchev–Trinajstić information content (AvgIpc) is 2.61. The lowest BCUT2D eigenvalue weighted by Crippen LogP contribution is -2.35. The molecule has 0 amide bonds. The summed E-state index contributed by atoms with van der Waals surface area (Å²) < 4.78 is 0. The minimum atomic E-state index is -0.0683. The second-order valence-electron chi connectivity index (χ2n) is 4.62. The van der Waals surface area contributed by atoms with Crippen LogP contribution >= 0.6 is 0 Å². The monoisotopic (exact) mass is 184 g/mol. The maximum absolute atomic E-state index is 9.44. The van der Waals surface area contributed by atoms with Crippen molar-refractivity contribution in [3.8, 4) is 0 Å². The molecule has 3 nitrogen and oxygen atoms in total. The zero-order chi connectivity index (χ0) is 9.42. The first-order valence-corrected chi connectivity index (χ1v) is 5.29. The molecule has 0 aromatic rings. The Hall–Kier alpha value is -0.120. The SMILES string of the molecule is CC1CC(N2CC[C@H](O)C2)CN1C. The Morgan fingerprint density at radius 3 is 2.54 bits per heavy atom. The van der Waals surface area contributed by atoms with Crippen molar-refractivity contribution in [1.82, 2.24) is 9.80 Å². The van der Waals surface area contributed by atoms with Crippen LogP contribution in [-0.2, 0) is 0 Å². The first kappa shape index (κ1) is 9.44. The molecule has 0 aliphatic carbocycles. The predicted octanol–water partition coefficient (Wildman–Crippen LogP) is 0.146. The zero-order valence-electron chi connectivity index (χ0n) is 8.61. The third kappa shape index (κ3) is 1.87. The van der Waals surface area contributed by atoms with Crippen molar-refractivity contribution in [3.63, 3.8) is 0 Å². The Morgan fingerprint density at radius 1 is 1.31 bits per heavy atom. The summed E-state index contributed by atoms with van der Waals surface area (Å²) in [5, 5.41) is 9.44. The van der Waals surface area contributed by atoms with Crippen LogP contribution in [-0.4, -0.2) is 59.8 Å². The van der Waals surface area contributed by atoms with E-state index >= 15 is 0 Å². The summed E-state index contributed by atoms with van der Waals surface area (Å²) in [4.78, 5) is 4.86. The molecule has 3 atom stereocenters. The number of likely N-dealkylation sites (tertiary alicyclic amines) is 2. The molecule has 0 bridgehead atoms. The first-order valence-electron chi connectivity index (χ1n) is 5.29. The molecule has 1 N–H and O–H groups in total. The lowest BCUT2D eigenvalue weighted by atomic mass is 10.2. The van der Waals surface area contributed by atoms with Crippen LogP contribution in [0.15, 0.2) is 0 Å². The van der Waals surface area contributed by atoms with Gasteiger partial charge in [-0.1, -0.05) is 0 Å². The number of nitrogens with zero attached hydrogens (tertiary/aromatic N) is 2. The standard InChI is InChI=1S/C10H20N2O/c1-8-5-9(6-11(8)2)12-4-3-10(13)7-12/h8-10,13H,3-7H2,1-2H3/t8?,9?,10-/m0/s1. The molecule has 2 heterocycles. The van der Waals surface area contributed by atoms with E-state index in [2.05, 4.69) is 23.8 Å². The second kappa shape index (κ2) is 3.56. The summed E-state index contributed by atoms with van der Waals surface area (Å²) in [5.74, 6) is 0. The Balaban J connectivity index is 1.89. The van der Waals surface area contributed by atoms with Crippen molar-refractivity contribution in [2.75, 3.05) is 26.7 Å². The van der Waals surface area contributed by atoms with Crippen LogP contribution in [0, 0.1) is 0 Å². The van der Waals surface area contributed by atoms with Gasteiger partial charge >= 0.3 is 0 Å². The minimum Gasteiger partial charge on any atom is -0.392 e. The van der Waals surface area contributed by atoms with E-state index in [1.165, 1.54) is 13.0 Å². The lowest BCUT2D eigenvalue weighted by Gasteiger charge is -2.22. The minimum absolute atomic E-state index is 0.0683. The largest absolute Gasteiger partial charge is 0.392 e. The van der Waals surface area contributed by atoms with Gasteiger partial charge in [0.25, 0.3) is 0 Å². The highest BCUT2D eigenvalue weighted by Gasteiger charge is 2.33. The highest BCUT2D eigenvalue weighted by Crippen LogP contribution is 2.23. The number of aliphatic hydroxyl groups is 1. The number of hydrogen-bond acceptors (Lipinski definition) is 3. The molecule has 2 aliphatic heterocycles. The third-order valence-electron chi connectivity index (χ3n) is 3.58. The Bertz CT molecular complexity index is 176. The van der Waals surface area contributed by atoms with E-state index in [1.807, 2.05) is 0 Å². The van der Waals surface area contributed by atoms with Crippen LogP contribution < -0.4 is 0 Å². The van der Waals surface area contributed by atoms with E-state index in [1.54, 1.807) is 0 Å². The van der Waals surface area contributed by atoms with E-state index in [9.17, 15) is 5.11 Å². The molecular formula is C10H20N2O. The van der Waals surface area contributed by atoms with Crippen molar-refractivity contribution in [3.05, 3.63) is 0 Å². The predicted molar refractivity (Wildman–Crippen MR) is 52.7 cm³/mol. The highest BCUT2D eigenvalue weighted by molar-refractivity contribution is 4.90. The fraction of sp³-hybridized carbons (Fsp3) is 1.00. The summed E-state index contributed by atoms with van der Waals surface area (Å²) >= 11 is 0. The van der Waals surface area contributed by atoms with Crippen molar-refractivity contribution >= 4 is 0 Å². The van der Waals surface area contributed by atoms with E-state index < -0.39 is 0 Å². The van der Waals surface area contributed by atoms with Crippen LogP contribution in [0.5, 0.6) is 0 Å². The molecule has 3 heteroatoms.